The van der Waals surface area contributed by atoms with E-state index in [0.29, 0.717) is 22.8 Å². The largest absolute Gasteiger partial charge is 0.506 e. The molecule has 2 aromatic rings. The smallest absolute Gasteiger partial charge is 0.256 e. The van der Waals surface area contributed by atoms with Crippen LogP contribution in [-0.4, -0.2) is 14.7 Å². The van der Waals surface area contributed by atoms with Gasteiger partial charge in [-0.05, 0) is 12.8 Å². The highest BCUT2D eigenvalue weighted by Crippen LogP contribution is 2.44. The molecule has 2 heterocycles. The first-order valence-corrected chi connectivity index (χ1v) is 6.36. The van der Waals surface area contributed by atoms with Crippen molar-refractivity contribution >= 4 is 21.7 Å². The molecule has 1 aliphatic carbocycles. The minimum absolute atomic E-state index is 0.0368. The van der Waals surface area contributed by atoms with Crippen molar-refractivity contribution in [3.8, 4) is 5.75 Å². The van der Waals surface area contributed by atoms with Crippen molar-refractivity contribution in [2.45, 2.75) is 25.3 Å². The lowest BCUT2D eigenvalue weighted by molar-refractivity contribution is 0.480. The number of rotatable bonds is 3. The fourth-order valence-electron chi connectivity index (χ4n) is 1.85. The Morgan fingerprint density at radius 2 is 2.41 bits per heavy atom. The molecule has 0 amide bonds. The number of aromatic nitrogens is 2. The lowest BCUT2D eigenvalue weighted by atomic mass is 10.4. The van der Waals surface area contributed by atoms with Gasteiger partial charge < -0.3 is 5.11 Å². The molecule has 2 aromatic heterocycles. The molecule has 1 fully saturated rings. The molecule has 17 heavy (non-hydrogen) atoms. The first-order chi connectivity index (χ1) is 8.20. The Bertz CT molecular complexity index is 652. The van der Waals surface area contributed by atoms with Crippen LogP contribution in [0.2, 0.25) is 0 Å². The number of aromatic hydroxyl groups is 1. The maximum absolute atomic E-state index is 11.8. The normalized spacial score (nSPS) is 15.3. The predicted molar refractivity (Wildman–Crippen MR) is 67.7 cm³/mol. The van der Waals surface area contributed by atoms with Crippen LogP contribution in [0.25, 0.3) is 10.3 Å². The number of allylic oxidation sites excluding steroid dienone is 1. The lowest BCUT2D eigenvalue weighted by Gasteiger charge is -2.03. The number of pyridine rings is 1. The van der Waals surface area contributed by atoms with E-state index in [2.05, 4.69) is 11.6 Å². The molecule has 0 spiro atoms. The number of fused-ring (bicyclic) bond motifs is 1. The lowest BCUT2D eigenvalue weighted by Crippen LogP contribution is -2.18. The van der Waals surface area contributed by atoms with E-state index < -0.39 is 0 Å². The fourth-order valence-corrected chi connectivity index (χ4v) is 3.01. The summed E-state index contributed by atoms with van der Waals surface area (Å²) in [7, 11) is 0. The first kappa shape index (κ1) is 10.5. The standard InChI is InChI=1S/C12H12N2O2S/c1-2-5-14-9(16)6-8(15)10-11(14)13-12(17-10)7-3-4-7/h2,6-7,15H,1,3-5H2. The maximum atomic E-state index is 11.8. The SMILES string of the molecule is C=CCn1c(=O)cc(O)c2sc(C3CC3)nc21. The molecule has 1 saturated carbocycles. The Morgan fingerprint density at radius 1 is 1.65 bits per heavy atom. The molecule has 5 heteroatoms. The summed E-state index contributed by atoms with van der Waals surface area (Å²) in [6.45, 7) is 4.05. The molecule has 88 valence electrons. The van der Waals surface area contributed by atoms with Crippen molar-refractivity contribution < 1.29 is 5.11 Å². The molecule has 0 atom stereocenters. The van der Waals surface area contributed by atoms with Crippen molar-refractivity contribution in [2.24, 2.45) is 0 Å². The van der Waals surface area contributed by atoms with Crippen molar-refractivity contribution in [2.75, 3.05) is 0 Å². The predicted octanol–water partition coefficient (Wildman–Crippen LogP) is 2.23. The molecule has 0 aliphatic heterocycles. The van der Waals surface area contributed by atoms with Crippen LogP contribution in [0, 0.1) is 0 Å². The van der Waals surface area contributed by atoms with Gasteiger partial charge in [0.25, 0.3) is 5.56 Å². The van der Waals surface area contributed by atoms with Crippen LogP contribution in [0.4, 0.5) is 0 Å². The number of nitrogens with zero attached hydrogens (tertiary/aromatic N) is 2. The molecular formula is C12H12N2O2S. The average Bonchev–Trinajstić information content (AvgIpc) is 3.04. The number of hydrogen-bond donors (Lipinski definition) is 1. The van der Waals surface area contributed by atoms with E-state index in [1.165, 1.54) is 17.4 Å². The Labute approximate surface area is 102 Å². The summed E-state index contributed by atoms with van der Waals surface area (Å²) in [5.74, 6) is 0.564. The summed E-state index contributed by atoms with van der Waals surface area (Å²) < 4.78 is 2.25. The second-order valence-electron chi connectivity index (χ2n) is 4.25. The van der Waals surface area contributed by atoms with Gasteiger partial charge in [-0.3, -0.25) is 9.36 Å². The third-order valence-corrected chi connectivity index (χ3v) is 4.11. The Kier molecular flexibility index (Phi) is 2.29. The van der Waals surface area contributed by atoms with Gasteiger partial charge in [0.2, 0.25) is 0 Å². The van der Waals surface area contributed by atoms with Crippen LogP contribution in [-0.2, 0) is 6.54 Å². The third-order valence-electron chi connectivity index (χ3n) is 2.88. The maximum Gasteiger partial charge on any atom is 0.256 e. The van der Waals surface area contributed by atoms with Gasteiger partial charge in [0, 0.05) is 18.5 Å². The van der Waals surface area contributed by atoms with Gasteiger partial charge in [0.1, 0.15) is 10.4 Å². The van der Waals surface area contributed by atoms with Gasteiger partial charge >= 0.3 is 0 Å². The summed E-state index contributed by atoms with van der Waals surface area (Å²) in [5, 5.41) is 10.8. The van der Waals surface area contributed by atoms with Gasteiger partial charge in [-0.2, -0.15) is 0 Å². The molecule has 0 saturated heterocycles. The Hall–Kier alpha value is -1.62. The summed E-state index contributed by atoms with van der Waals surface area (Å²) in [6.07, 6.45) is 3.98. The van der Waals surface area contributed by atoms with Crippen LogP contribution in [0.15, 0.2) is 23.5 Å². The summed E-state index contributed by atoms with van der Waals surface area (Å²) in [4.78, 5) is 16.2. The highest BCUT2D eigenvalue weighted by molar-refractivity contribution is 7.19. The minimum Gasteiger partial charge on any atom is -0.506 e. The van der Waals surface area contributed by atoms with E-state index in [9.17, 15) is 9.90 Å². The van der Waals surface area contributed by atoms with Gasteiger partial charge in [-0.15, -0.1) is 17.9 Å². The minimum atomic E-state index is -0.234. The van der Waals surface area contributed by atoms with E-state index in [-0.39, 0.29) is 11.3 Å². The molecule has 1 N–H and O–H groups in total. The molecule has 0 unspecified atom stereocenters. The van der Waals surface area contributed by atoms with Crippen LogP contribution >= 0.6 is 11.3 Å². The summed E-state index contributed by atoms with van der Waals surface area (Å²) in [6, 6.07) is 1.25. The fraction of sp³-hybridized carbons (Fsp3) is 0.333. The van der Waals surface area contributed by atoms with Crippen molar-refractivity contribution in [1.29, 1.82) is 0 Å². The average molecular weight is 248 g/mol. The van der Waals surface area contributed by atoms with Gasteiger partial charge in [0.15, 0.2) is 5.65 Å². The molecule has 1 aliphatic rings. The summed E-state index contributed by atoms with van der Waals surface area (Å²) in [5.41, 5.74) is 0.351. The second-order valence-corrected chi connectivity index (χ2v) is 5.28. The van der Waals surface area contributed by atoms with Gasteiger partial charge in [-0.25, -0.2) is 4.98 Å². The monoisotopic (exact) mass is 248 g/mol. The van der Waals surface area contributed by atoms with Gasteiger partial charge in [-0.1, -0.05) is 6.08 Å². The van der Waals surface area contributed by atoms with E-state index in [0.717, 1.165) is 17.8 Å². The zero-order chi connectivity index (χ0) is 12.0. The molecule has 0 aromatic carbocycles. The molecule has 3 rings (SSSR count). The van der Waals surface area contributed by atoms with Gasteiger partial charge in [0.05, 0.1) is 5.01 Å². The second kappa shape index (κ2) is 3.70. The zero-order valence-corrected chi connectivity index (χ0v) is 10.0. The Balaban J connectivity index is 2.30. The van der Waals surface area contributed by atoms with E-state index in [1.807, 2.05) is 0 Å². The highest BCUT2D eigenvalue weighted by atomic mass is 32.1. The van der Waals surface area contributed by atoms with Crippen LogP contribution in [0.3, 0.4) is 0 Å². The molecule has 4 nitrogen and oxygen atoms in total. The van der Waals surface area contributed by atoms with Crippen LogP contribution < -0.4 is 5.56 Å². The van der Waals surface area contributed by atoms with Crippen molar-refractivity contribution in [3.05, 3.63) is 34.1 Å². The quantitative estimate of drug-likeness (QED) is 0.847. The van der Waals surface area contributed by atoms with Crippen molar-refractivity contribution in [1.82, 2.24) is 9.55 Å². The topological polar surface area (TPSA) is 55.1 Å². The van der Waals surface area contributed by atoms with E-state index in [1.54, 1.807) is 10.6 Å². The van der Waals surface area contributed by atoms with Crippen LogP contribution in [0.1, 0.15) is 23.8 Å². The number of hydrogen-bond acceptors (Lipinski definition) is 4. The zero-order valence-electron chi connectivity index (χ0n) is 9.22. The highest BCUT2D eigenvalue weighted by Gasteiger charge is 2.28. The molecule has 0 radical (unpaired) electrons. The third kappa shape index (κ3) is 1.67. The van der Waals surface area contributed by atoms with Crippen molar-refractivity contribution in [3.63, 3.8) is 0 Å². The van der Waals surface area contributed by atoms with Crippen LogP contribution in [0.5, 0.6) is 5.75 Å². The summed E-state index contributed by atoms with van der Waals surface area (Å²) >= 11 is 1.49. The van der Waals surface area contributed by atoms with E-state index >= 15 is 0 Å². The van der Waals surface area contributed by atoms with E-state index in [4.69, 9.17) is 0 Å². The molecule has 0 bridgehead atoms. The Morgan fingerprint density at radius 3 is 3.06 bits per heavy atom. The number of thiazole rings is 1. The molecular weight excluding hydrogens is 236 g/mol. The first-order valence-electron chi connectivity index (χ1n) is 5.55.